The van der Waals surface area contributed by atoms with Crippen LogP contribution < -0.4 is 5.32 Å². The van der Waals surface area contributed by atoms with Crippen LogP contribution in [0.1, 0.15) is 55.0 Å². The number of aromatic amines is 1. The Labute approximate surface area is 104 Å². The molecule has 2 nitrogen and oxygen atoms in total. The first-order chi connectivity index (χ1) is 7.43. The van der Waals surface area contributed by atoms with Gasteiger partial charge in [-0.2, -0.15) is 0 Å². The molecule has 1 aromatic heterocycles. The van der Waals surface area contributed by atoms with E-state index in [1.54, 1.807) is 0 Å². The lowest BCUT2D eigenvalue weighted by Gasteiger charge is -2.20. The van der Waals surface area contributed by atoms with Crippen LogP contribution in [0.2, 0.25) is 0 Å². The normalized spacial score (nSPS) is 21.2. The predicted octanol–water partition coefficient (Wildman–Crippen LogP) is 3.13. The van der Waals surface area contributed by atoms with Crippen LogP contribution >= 0.6 is 12.4 Å². The van der Waals surface area contributed by atoms with Crippen LogP contribution in [0.25, 0.3) is 0 Å². The van der Waals surface area contributed by atoms with E-state index in [9.17, 15) is 0 Å². The van der Waals surface area contributed by atoms with Gasteiger partial charge >= 0.3 is 0 Å². The van der Waals surface area contributed by atoms with Crippen LogP contribution in [-0.2, 0) is 13.0 Å². The lowest BCUT2D eigenvalue weighted by Crippen LogP contribution is -2.22. The number of hydrogen-bond acceptors (Lipinski definition) is 1. The maximum atomic E-state index is 3.66. The molecule has 0 amide bonds. The van der Waals surface area contributed by atoms with Gasteiger partial charge < -0.3 is 10.3 Å². The lowest BCUT2D eigenvalue weighted by atomic mass is 9.87. The fourth-order valence-electron chi connectivity index (χ4n) is 3.02. The van der Waals surface area contributed by atoms with E-state index in [2.05, 4.69) is 16.4 Å². The minimum Gasteiger partial charge on any atom is -0.362 e. The number of H-pyrrole nitrogens is 1. The summed E-state index contributed by atoms with van der Waals surface area (Å²) in [6, 6.07) is 2.41. The molecule has 1 aromatic rings. The Kier molecular flexibility index (Phi) is 3.93. The van der Waals surface area contributed by atoms with Gasteiger partial charge in [0, 0.05) is 30.9 Å². The number of fused-ring (bicyclic) bond motifs is 1. The van der Waals surface area contributed by atoms with Crippen molar-refractivity contribution in [2.75, 3.05) is 6.54 Å². The Hall–Kier alpha value is -0.470. The molecule has 0 atom stereocenters. The summed E-state index contributed by atoms with van der Waals surface area (Å²) in [6.07, 6.45) is 8.26. The van der Waals surface area contributed by atoms with Crippen LogP contribution in [0, 0.1) is 0 Å². The van der Waals surface area contributed by atoms with E-state index in [0.717, 1.165) is 19.0 Å². The summed E-state index contributed by atoms with van der Waals surface area (Å²) in [5, 5.41) is 3.44. The Balaban J connectivity index is 0.000000963. The van der Waals surface area contributed by atoms with Crippen LogP contribution in [0.15, 0.2) is 6.07 Å². The molecular weight excluding hydrogens is 220 g/mol. The molecule has 2 aliphatic rings. The van der Waals surface area contributed by atoms with Gasteiger partial charge in [-0.15, -0.1) is 12.4 Å². The van der Waals surface area contributed by atoms with Gasteiger partial charge in [0.05, 0.1) is 0 Å². The number of aromatic nitrogens is 1. The second kappa shape index (κ2) is 5.24. The van der Waals surface area contributed by atoms with Crippen molar-refractivity contribution in [2.45, 2.75) is 51.0 Å². The van der Waals surface area contributed by atoms with Gasteiger partial charge in [0.15, 0.2) is 0 Å². The summed E-state index contributed by atoms with van der Waals surface area (Å²) in [5.74, 6) is 0.823. The average molecular weight is 241 g/mol. The molecule has 0 saturated heterocycles. The molecule has 2 heterocycles. The van der Waals surface area contributed by atoms with Crippen molar-refractivity contribution in [2.24, 2.45) is 0 Å². The predicted molar refractivity (Wildman–Crippen MR) is 69.3 cm³/mol. The van der Waals surface area contributed by atoms with E-state index in [4.69, 9.17) is 0 Å². The molecule has 0 unspecified atom stereocenters. The zero-order valence-electron chi connectivity index (χ0n) is 9.72. The molecule has 16 heavy (non-hydrogen) atoms. The Morgan fingerprint density at radius 2 is 1.94 bits per heavy atom. The second-order valence-corrected chi connectivity index (χ2v) is 4.99. The standard InChI is InChI=1S/C13H20N2.ClH/c1-2-4-10(5-3-1)13-8-11-9-14-7-6-12(11)15-13;/h8,10,14-15H,1-7,9H2;1H. The van der Waals surface area contributed by atoms with E-state index in [1.165, 1.54) is 55.5 Å². The molecule has 2 N–H and O–H groups in total. The SMILES string of the molecule is Cl.c1c(C2CCCCC2)[nH]c2c1CNCC2. The van der Waals surface area contributed by atoms with Crippen molar-refractivity contribution in [1.82, 2.24) is 10.3 Å². The molecule has 3 rings (SSSR count). The molecular formula is C13H21ClN2. The van der Waals surface area contributed by atoms with Crippen LogP contribution in [0.5, 0.6) is 0 Å². The molecule has 1 fully saturated rings. The highest BCUT2D eigenvalue weighted by atomic mass is 35.5. The van der Waals surface area contributed by atoms with E-state index in [-0.39, 0.29) is 12.4 Å². The second-order valence-electron chi connectivity index (χ2n) is 4.99. The Morgan fingerprint density at radius 1 is 1.12 bits per heavy atom. The maximum Gasteiger partial charge on any atom is 0.0223 e. The van der Waals surface area contributed by atoms with Crippen molar-refractivity contribution >= 4 is 12.4 Å². The molecule has 1 aliphatic heterocycles. The minimum atomic E-state index is 0. The summed E-state index contributed by atoms with van der Waals surface area (Å²) in [7, 11) is 0. The quantitative estimate of drug-likeness (QED) is 0.776. The van der Waals surface area contributed by atoms with Crippen LogP contribution in [0.3, 0.4) is 0 Å². The zero-order valence-corrected chi connectivity index (χ0v) is 10.5. The first-order valence-corrected chi connectivity index (χ1v) is 6.35. The van der Waals surface area contributed by atoms with Crippen LogP contribution in [0.4, 0.5) is 0 Å². The zero-order chi connectivity index (χ0) is 10.1. The van der Waals surface area contributed by atoms with Gasteiger partial charge in [-0.1, -0.05) is 19.3 Å². The maximum absolute atomic E-state index is 3.66. The van der Waals surface area contributed by atoms with Gasteiger partial charge in [-0.25, -0.2) is 0 Å². The topological polar surface area (TPSA) is 27.8 Å². The summed E-state index contributed by atoms with van der Waals surface area (Å²) >= 11 is 0. The highest BCUT2D eigenvalue weighted by Gasteiger charge is 2.20. The van der Waals surface area contributed by atoms with Gasteiger partial charge in [0.1, 0.15) is 0 Å². The third kappa shape index (κ3) is 2.28. The van der Waals surface area contributed by atoms with E-state index in [0.29, 0.717) is 0 Å². The van der Waals surface area contributed by atoms with Crippen molar-refractivity contribution in [3.63, 3.8) is 0 Å². The third-order valence-corrected chi connectivity index (χ3v) is 3.92. The molecule has 0 radical (unpaired) electrons. The summed E-state index contributed by atoms with van der Waals surface area (Å²) in [4.78, 5) is 3.66. The van der Waals surface area contributed by atoms with Crippen molar-refractivity contribution in [3.05, 3.63) is 23.0 Å². The highest BCUT2D eigenvalue weighted by molar-refractivity contribution is 5.85. The molecule has 90 valence electrons. The van der Waals surface area contributed by atoms with Gasteiger partial charge in [0.2, 0.25) is 0 Å². The summed E-state index contributed by atoms with van der Waals surface area (Å²) in [5.41, 5.74) is 4.53. The van der Waals surface area contributed by atoms with Crippen LogP contribution in [-0.4, -0.2) is 11.5 Å². The van der Waals surface area contributed by atoms with E-state index >= 15 is 0 Å². The van der Waals surface area contributed by atoms with Crippen molar-refractivity contribution in [3.8, 4) is 0 Å². The number of hydrogen-bond donors (Lipinski definition) is 2. The largest absolute Gasteiger partial charge is 0.362 e. The summed E-state index contributed by atoms with van der Waals surface area (Å²) < 4.78 is 0. The summed E-state index contributed by atoms with van der Waals surface area (Å²) in [6.45, 7) is 2.20. The molecule has 0 bridgehead atoms. The molecule has 1 saturated carbocycles. The third-order valence-electron chi connectivity index (χ3n) is 3.92. The molecule has 0 aromatic carbocycles. The van der Waals surface area contributed by atoms with Gasteiger partial charge in [-0.05, 0) is 30.4 Å². The van der Waals surface area contributed by atoms with Crippen molar-refractivity contribution in [1.29, 1.82) is 0 Å². The number of halogens is 1. The monoisotopic (exact) mass is 240 g/mol. The smallest absolute Gasteiger partial charge is 0.0223 e. The first kappa shape index (κ1) is 12.0. The van der Waals surface area contributed by atoms with E-state index < -0.39 is 0 Å². The number of rotatable bonds is 1. The Bertz CT molecular complexity index is 316. The minimum absolute atomic E-state index is 0. The highest BCUT2D eigenvalue weighted by Crippen LogP contribution is 2.33. The average Bonchev–Trinajstić information content (AvgIpc) is 2.74. The number of nitrogens with one attached hydrogen (secondary N) is 2. The molecule has 1 aliphatic carbocycles. The van der Waals surface area contributed by atoms with Gasteiger partial charge in [-0.3, -0.25) is 0 Å². The van der Waals surface area contributed by atoms with Crippen molar-refractivity contribution < 1.29 is 0 Å². The fraction of sp³-hybridized carbons (Fsp3) is 0.692. The molecule has 0 spiro atoms. The Morgan fingerprint density at radius 3 is 2.69 bits per heavy atom. The van der Waals surface area contributed by atoms with E-state index in [1.807, 2.05) is 0 Å². The first-order valence-electron chi connectivity index (χ1n) is 6.35. The molecule has 3 heteroatoms. The fourth-order valence-corrected chi connectivity index (χ4v) is 3.02. The van der Waals surface area contributed by atoms with Gasteiger partial charge in [0.25, 0.3) is 0 Å². The lowest BCUT2D eigenvalue weighted by molar-refractivity contribution is 0.437.